The van der Waals surface area contributed by atoms with Gasteiger partial charge in [-0.25, -0.2) is 14.2 Å². The van der Waals surface area contributed by atoms with E-state index >= 15 is 0 Å². The second-order valence-electron chi connectivity index (χ2n) is 6.54. The van der Waals surface area contributed by atoms with E-state index in [9.17, 15) is 14.0 Å². The van der Waals surface area contributed by atoms with E-state index < -0.39 is 23.4 Å². The van der Waals surface area contributed by atoms with E-state index in [1.54, 1.807) is 31.2 Å². The Hall–Kier alpha value is -3.30. The molecule has 3 rings (SSSR count). The van der Waals surface area contributed by atoms with Gasteiger partial charge in [-0.1, -0.05) is 12.1 Å². The molecule has 29 heavy (non-hydrogen) atoms. The first-order chi connectivity index (χ1) is 13.9. The van der Waals surface area contributed by atoms with Crippen molar-refractivity contribution >= 4 is 22.6 Å². The first kappa shape index (κ1) is 20.4. The number of aromatic nitrogens is 2. The van der Waals surface area contributed by atoms with Crippen molar-refractivity contribution in [1.29, 1.82) is 0 Å². The molecule has 0 saturated carbocycles. The number of fused-ring (bicyclic) bond motifs is 1. The number of aliphatic hydroxyl groups is 1. The molecule has 2 amide bonds. The first-order valence-electron chi connectivity index (χ1n) is 9.15. The topological polar surface area (TPSA) is 122 Å². The van der Waals surface area contributed by atoms with Crippen molar-refractivity contribution in [1.82, 2.24) is 14.9 Å². The maximum Gasteiger partial charge on any atom is 0.319 e. The summed E-state index contributed by atoms with van der Waals surface area (Å²) in [5, 5.41) is 14.2. The molecule has 8 nitrogen and oxygen atoms in total. The number of rotatable bonds is 6. The minimum atomic E-state index is -0.634. The third-order valence-corrected chi connectivity index (χ3v) is 4.27. The number of hydrogen-bond acceptors (Lipinski definition) is 5. The van der Waals surface area contributed by atoms with E-state index in [1.807, 2.05) is 0 Å². The predicted octanol–water partition coefficient (Wildman–Crippen LogP) is 2.05. The van der Waals surface area contributed by atoms with E-state index in [0.717, 1.165) is 0 Å². The summed E-state index contributed by atoms with van der Waals surface area (Å²) >= 11 is 0. The van der Waals surface area contributed by atoms with Gasteiger partial charge in [-0.2, -0.15) is 0 Å². The van der Waals surface area contributed by atoms with Crippen LogP contribution in [0.4, 0.5) is 14.9 Å². The number of nitrogens with one attached hydrogen (secondary N) is 2. The highest BCUT2D eigenvalue weighted by atomic mass is 19.1. The molecule has 9 heteroatoms. The normalized spacial score (nSPS) is 12.0. The van der Waals surface area contributed by atoms with Gasteiger partial charge in [0.25, 0.3) is 5.56 Å². The summed E-state index contributed by atoms with van der Waals surface area (Å²) < 4.78 is 15.5. The highest BCUT2D eigenvalue weighted by Crippen LogP contribution is 2.20. The fourth-order valence-corrected chi connectivity index (χ4v) is 2.92. The number of benzene rings is 2. The number of urea groups is 1. The number of nitrogens with zero attached hydrogens (tertiary/aromatic N) is 2. The van der Waals surface area contributed by atoms with Crippen LogP contribution in [-0.2, 0) is 0 Å². The summed E-state index contributed by atoms with van der Waals surface area (Å²) in [4.78, 5) is 29.3. The van der Waals surface area contributed by atoms with Crippen molar-refractivity contribution in [2.75, 3.05) is 18.5 Å². The molecule has 1 heterocycles. The molecule has 1 aromatic heterocycles. The maximum atomic E-state index is 14.2. The minimum absolute atomic E-state index is 0.0196. The summed E-state index contributed by atoms with van der Waals surface area (Å²) in [5.74, 6) is -0.388. The molecular weight excluding hydrogens is 377 g/mol. The molecule has 0 aliphatic carbocycles. The standard InChI is InChI=1S/C20H22FN5O3/c1-12(22)18-25-17-15(7-3-8-16(17)21)19(28)26(18)14-6-2-5-13(11-14)24-20(29)23-9-4-10-27/h2-3,5-8,11-12,27H,4,9-10,22H2,1H3,(H2,23,24,29). The zero-order valence-electron chi connectivity index (χ0n) is 15.9. The summed E-state index contributed by atoms with van der Waals surface area (Å²) in [5.41, 5.74) is 6.41. The molecule has 0 fully saturated rings. The van der Waals surface area contributed by atoms with E-state index in [1.165, 1.54) is 22.8 Å². The molecular formula is C20H22FN5O3. The molecule has 1 atom stereocenters. The lowest BCUT2D eigenvalue weighted by Gasteiger charge is -2.17. The van der Waals surface area contributed by atoms with Crippen LogP contribution >= 0.6 is 0 Å². The SMILES string of the molecule is CC(N)c1nc2c(F)cccc2c(=O)n1-c1cccc(NC(=O)NCCCO)c1. The summed E-state index contributed by atoms with van der Waals surface area (Å²) in [7, 11) is 0. The van der Waals surface area contributed by atoms with Crippen LogP contribution in [-0.4, -0.2) is 33.8 Å². The van der Waals surface area contributed by atoms with Gasteiger partial charge in [0.05, 0.1) is 17.1 Å². The average Bonchev–Trinajstić information content (AvgIpc) is 2.69. The molecule has 0 bridgehead atoms. The Balaban J connectivity index is 2.04. The summed E-state index contributed by atoms with van der Waals surface area (Å²) in [6.45, 7) is 1.96. The number of anilines is 1. The number of nitrogens with two attached hydrogens (primary N) is 1. The molecule has 0 radical (unpaired) electrons. The highest BCUT2D eigenvalue weighted by Gasteiger charge is 2.17. The van der Waals surface area contributed by atoms with Crippen molar-refractivity contribution in [2.45, 2.75) is 19.4 Å². The monoisotopic (exact) mass is 399 g/mol. The van der Waals surface area contributed by atoms with Gasteiger partial charge in [-0.05, 0) is 43.7 Å². The van der Waals surface area contributed by atoms with E-state index in [-0.39, 0.29) is 23.3 Å². The van der Waals surface area contributed by atoms with Gasteiger partial charge in [0.2, 0.25) is 0 Å². The lowest BCUT2D eigenvalue weighted by Crippen LogP contribution is -2.30. The third kappa shape index (κ3) is 4.41. The third-order valence-electron chi connectivity index (χ3n) is 4.27. The number of hydrogen-bond donors (Lipinski definition) is 4. The molecule has 1 unspecified atom stereocenters. The van der Waals surface area contributed by atoms with Crippen molar-refractivity contribution in [3.05, 3.63) is 64.5 Å². The Morgan fingerprint density at radius 1 is 1.31 bits per heavy atom. The van der Waals surface area contributed by atoms with Crippen molar-refractivity contribution in [3.63, 3.8) is 0 Å². The van der Waals surface area contributed by atoms with Gasteiger partial charge in [0.15, 0.2) is 0 Å². The van der Waals surface area contributed by atoms with Crippen LogP contribution in [0, 0.1) is 5.82 Å². The van der Waals surface area contributed by atoms with Gasteiger partial charge in [-0.3, -0.25) is 9.36 Å². The number of para-hydroxylation sites is 1. The van der Waals surface area contributed by atoms with Crippen LogP contribution in [0.5, 0.6) is 0 Å². The molecule has 2 aromatic carbocycles. The Kier molecular flexibility index (Phi) is 6.20. The second-order valence-corrected chi connectivity index (χ2v) is 6.54. The fourth-order valence-electron chi connectivity index (χ4n) is 2.92. The largest absolute Gasteiger partial charge is 0.396 e. The van der Waals surface area contributed by atoms with E-state index in [2.05, 4.69) is 15.6 Å². The van der Waals surface area contributed by atoms with Crippen molar-refractivity contribution < 1.29 is 14.3 Å². The number of carbonyl (C=O) groups is 1. The number of aliphatic hydroxyl groups excluding tert-OH is 1. The molecule has 0 aliphatic heterocycles. The van der Waals surface area contributed by atoms with Crippen LogP contribution in [0.3, 0.4) is 0 Å². The van der Waals surface area contributed by atoms with Crippen LogP contribution in [0.25, 0.3) is 16.6 Å². The first-order valence-corrected chi connectivity index (χ1v) is 9.15. The van der Waals surface area contributed by atoms with Gasteiger partial charge in [0, 0.05) is 18.8 Å². The maximum absolute atomic E-state index is 14.2. The Morgan fingerprint density at radius 3 is 2.79 bits per heavy atom. The molecule has 3 aromatic rings. The number of amides is 2. The van der Waals surface area contributed by atoms with Gasteiger partial charge < -0.3 is 21.5 Å². The van der Waals surface area contributed by atoms with Gasteiger partial charge in [-0.15, -0.1) is 0 Å². The van der Waals surface area contributed by atoms with Crippen LogP contribution in [0.2, 0.25) is 0 Å². The minimum Gasteiger partial charge on any atom is -0.396 e. The molecule has 152 valence electrons. The Labute approximate surface area is 166 Å². The lowest BCUT2D eigenvalue weighted by molar-refractivity contribution is 0.249. The predicted molar refractivity (Wildman–Crippen MR) is 109 cm³/mol. The zero-order chi connectivity index (χ0) is 21.0. The van der Waals surface area contributed by atoms with Crippen molar-refractivity contribution in [3.8, 4) is 5.69 Å². The Bertz CT molecular complexity index is 1100. The average molecular weight is 399 g/mol. The van der Waals surface area contributed by atoms with E-state index in [4.69, 9.17) is 10.8 Å². The van der Waals surface area contributed by atoms with Crippen LogP contribution < -0.4 is 21.9 Å². The Morgan fingerprint density at radius 2 is 2.07 bits per heavy atom. The molecule has 0 aliphatic rings. The summed E-state index contributed by atoms with van der Waals surface area (Å²) in [6.07, 6.45) is 0.444. The van der Waals surface area contributed by atoms with E-state index in [0.29, 0.717) is 24.3 Å². The van der Waals surface area contributed by atoms with Gasteiger partial charge in [0.1, 0.15) is 17.2 Å². The molecule has 0 saturated heterocycles. The smallest absolute Gasteiger partial charge is 0.319 e. The quantitative estimate of drug-likeness (QED) is 0.473. The zero-order valence-corrected chi connectivity index (χ0v) is 15.9. The van der Waals surface area contributed by atoms with Crippen molar-refractivity contribution in [2.24, 2.45) is 5.73 Å². The number of halogens is 1. The second kappa shape index (κ2) is 8.80. The lowest BCUT2D eigenvalue weighted by atomic mass is 10.2. The van der Waals surface area contributed by atoms with Crippen LogP contribution in [0.1, 0.15) is 25.2 Å². The summed E-state index contributed by atoms with van der Waals surface area (Å²) in [6, 6.07) is 9.74. The van der Waals surface area contributed by atoms with Gasteiger partial charge >= 0.3 is 6.03 Å². The van der Waals surface area contributed by atoms with Crippen LogP contribution in [0.15, 0.2) is 47.3 Å². The number of carbonyl (C=O) groups excluding carboxylic acids is 1. The fraction of sp³-hybridized carbons (Fsp3) is 0.250. The molecule has 0 spiro atoms. The highest BCUT2D eigenvalue weighted by molar-refractivity contribution is 5.89. The molecule has 5 N–H and O–H groups in total.